The maximum atomic E-state index is 12.4. The van der Waals surface area contributed by atoms with Crippen LogP contribution in [-0.2, 0) is 4.79 Å². The number of amides is 1. The van der Waals surface area contributed by atoms with E-state index >= 15 is 0 Å². The molecule has 0 heterocycles. The van der Waals surface area contributed by atoms with Gasteiger partial charge in [-0.25, -0.2) is 4.79 Å². The summed E-state index contributed by atoms with van der Waals surface area (Å²) in [6, 6.07) is 4.13. The molecule has 1 unspecified atom stereocenters. The quantitative estimate of drug-likeness (QED) is 0.801. The van der Waals surface area contributed by atoms with E-state index in [4.69, 9.17) is 9.47 Å². The number of rotatable bonds is 7. The highest BCUT2D eigenvalue weighted by Gasteiger charge is 2.37. The highest BCUT2D eigenvalue weighted by atomic mass is 16.5. The standard InChI is InChI=1S/C18H23NO5/c1-23-14-9-8-12(10-15(14)24-13-4-2-3-5-13)17(20)19-16(18(21)22)11-6-7-11/h8-11,13,16H,2-7H2,1H3,(H,19,20)(H,21,22). The number of carbonyl (C=O) groups is 2. The van der Waals surface area contributed by atoms with Gasteiger partial charge in [0.15, 0.2) is 11.5 Å². The molecule has 24 heavy (non-hydrogen) atoms. The first-order valence-corrected chi connectivity index (χ1v) is 8.47. The molecular formula is C18H23NO5. The second-order valence-corrected chi connectivity index (χ2v) is 6.52. The highest BCUT2D eigenvalue weighted by molar-refractivity contribution is 5.97. The van der Waals surface area contributed by atoms with Gasteiger partial charge in [0.2, 0.25) is 0 Å². The molecule has 6 nitrogen and oxygen atoms in total. The summed E-state index contributed by atoms with van der Waals surface area (Å²) in [6.45, 7) is 0. The van der Waals surface area contributed by atoms with E-state index in [1.807, 2.05) is 0 Å². The lowest BCUT2D eigenvalue weighted by atomic mass is 10.1. The van der Waals surface area contributed by atoms with Crippen molar-refractivity contribution in [3.8, 4) is 11.5 Å². The Bertz CT molecular complexity index is 620. The Kier molecular flexibility index (Phi) is 4.92. The first-order chi connectivity index (χ1) is 11.6. The van der Waals surface area contributed by atoms with Crippen LogP contribution in [-0.4, -0.2) is 36.2 Å². The largest absolute Gasteiger partial charge is 0.493 e. The summed E-state index contributed by atoms with van der Waals surface area (Å²) in [7, 11) is 1.56. The number of nitrogens with one attached hydrogen (secondary N) is 1. The van der Waals surface area contributed by atoms with Crippen molar-refractivity contribution in [2.45, 2.75) is 50.7 Å². The minimum atomic E-state index is -0.984. The van der Waals surface area contributed by atoms with Crippen LogP contribution in [0.25, 0.3) is 0 Å². The van der Waals surface area contributed by atoms with E-state index in [0.717, 1.165) is 38.5 Å². The molecule has 2 aliphatic carbocycles. The minimum absolute atomic E-state index is 0.0407. The lowest BCUT2D eigenvalue weighted by Crippen LogP contribution is -2.42. The van der Waals surface area contributed by atoms with Gasteiger partial charge in [-0.1, -0.05) is 0 Å². The van der Waals surface area contributed by atoms with Gasteiger partial charge in [0.25, 0.3) is 5.91 Å². The number of carboxylic acids is 1. The maximum absolute atomic E-state index is 12.4. The zero-order valence-electron chi connectivity index (χ0n) is 13.8. The Morgan fingerprint density at radius 3 is 2.46 bits per heavy atom. The van der Waals surface area contributed by atoms with Crippen molar-refractivity contribution in [2.24, 2.45) is 5.92 Å². The third-order valence-electron chi connectivity index (χ3n) is 4.67. The molecule has 3 rings (SSSR count). The number of aliphatic carboxylic acids is 1. The number of ether oxygens (including phenoxy) is 2. The Labute approximate surface area is 141 Å². The number of methoxy groups -OCH3 is 1. The molecular weight excluding hydrogens is 310 g/mol. The Morgan fingerprint density at radius 1 is 1.17 bits per heavy atom. The van der Waals surface area contributed by atoms with Crippen LogP contribution < -0.4 is 14.8 Å². The van der Waals surface area contributed by atoms with Crippen molar-refractivity contribution in [1.82, 2.24) is 5.32 Å². The monoisotopic (exact) mass is 333 g/mol. The summed E-state index contributed by atoms with van der Waals surface area (Å²) < 4.78 is 11.3. The molecule has 1 aromatic carbocycles. The van der Waals surface area contributed by atoms with Gasteiger partial charge in [0, 0.05) is 5.56 Å². The van der Waals surface area contributed by atoms with Crippen molar-refractivity contribution in [1.29, 1.82) is 0 Å². The zero-order chi connectivity index (χ0) is 17.1. The minimum Gasteiger partial charge on any atom is -0.493 e. The molecule has 0 saturated heterocycles. The van der Waals surface area contributed by atoms with Crippen molar-refractivity contribution in [2.75, 3.05) is 7.11 Å². The number of hydrogen-bond donors (Lipinski definition) is 2. The van der Waals surface area contributed by atoms with Gasteiger partial charge in [-0.3, -0.25) is 4.79 Å². The van der Waals surface area contributed by atoms with Crippen LogP contribution >= 0.6 is 0 Å². The van der Waals surface area contributed by atoms with Crippen LogP contribution in [0.15, 0.2) is 18.2 Å². The number of carbonyl (C=O) groups excluding carboxylic acids is 1. The van der Waals surface area contributed by atoms with Gasteiger partial charge in [-0.15, -0.1) is 0 Å². The highest BCUT2D eigenvalue weighted by Crippen LogP contribution is 2.34. The predicted molar refractivity (Wildman–Crippen MR) is 87.5 cm³/mol. The molecule has 0 aliphatic heterocycles. The fourth-order valence-electron chi connectivity index (χ4n) is 3.13. The van der Waals surface area contributed by atoms with Gasteiger partial charge >= 0.3 is 5.97 Å². The zero-order valence-corrected chi connectivity index (χ0v) is 13.8. The second kappa shape index (κ2) is 7.11. The normalized spacial score (nSPS) is 18.9. The summed E-state index contributed by atoms with van der Waals surface area (Å²) in [4.78, 5) is 23.7. The first kappa shape index (κ1) is 16.6. The van der Waals surface area contributed by atoms with E-state index in [0.29, 0.717) is 17.1 Å². The molecule has 0 spiro atoms. The molecule has 0 aromatic heterocycles. The molecule has 0 radical (unpaired) electrons. The fourth-order valence-corrected chi connectivity index (χ4v) is 3.13. The topological polar surface area (TPSA) is 84.9 Å². The Hall–Kier alpha value is -2.24. The summed E-state index contributed by atoms with van der Waals surface area (Å²) in [5.74, 6) is -0.223. The number of hydrogen-bond acceptors (Lipinski definition) is 4. The van der Waals surface area contributed by atoms with Gasteiger partial charge in [-0.05, 0) is 62.6 Å². The molecule has 6 heteroatoms. The Morgan fingerprint density at radius 2 is 1.88 bits per heavy atom. The molecule has 0 bridgehead atoms. The summed E-state index contributed by atoms with van der Waals surface area (Å²) >= 11 is 0. The smallest absolute Gasteiger partial charge is 0.326 e. The third-order valence-corrected chi connectivity index (χ3v) is 4.67. The van der Waals surface area contributed by atoms with Gasteiger partial charge in [-0.2, -0.15) is 0 Å². The van der Waals surface area contributed by atoms with Crippen LogP contribution in [0.5, 0.6) is 11.5 Å². The SMILES string of the molecule is COc1ccc(C(=O)NC(C(=O)O)C2CC2)cc1OC1CCCC1. The van der Waals surface area contributed by atoms with Gasteiger partial charge in [0.05, 0.1) is 13.2 Å². The average Bonchev–Trinajstić information content (AvgIpc) is 3.28. The Balaban J connectivity index is 1.74. The summed E-state index contributed by atoms with van der Waals surface area (Å²) in [5.41, 5.74) is 0.385. The van der Waals surface area contributed by atoms with Crippen LogP contribution in [0, 0.1) is 5.92 Å². The van der Waals surface area contributed by atoms with Crippen molar-refractivity contribution in [3.63, 3.8) is 0 Å². The van der Waals surface area contributed by atoms with E-state index in [1.54, 1.807) is 25.3 Å². The first-order valence-electron chi connectivity index (χ1n) is 8.47. The summed E-state index contributed by atoms with van der Waals surface area (Å²) in [6.07, 6.45) is 6.13. The average molecular weight is 333 g/mol. The third kappa shape index (κ3) is 3.80. The van der Waals surface area contributed by atoms with E-state index in [2.05, 4.69) is 5.32 Å². The molecule has 1 aromatic rings. The molecule has 2 saturated carbocycles. The van der Waals surface area contributed by atoms with Crippen molar-refractivity contribution in [3.05, 3.63) is 23.8 Å². The molecule has 2 N–H and O–H groups in total. The van der Waals surface area contributed by atoms with Crippen LogP contribution in [0.4, 0.5) is 0 Å². The van der Waals surface area contributed by atoms with Gasteiger partial charge in [0.1, 0.15) is 6.04 Å². The number of carboxylic acid groups (broad SMARTS) is 1. The molecule has 2 fully saturated rings. The molecule has 1 amide bonds. The van der Waals surface area contributed by atoms with Crippen LogP contribution in [0.3, 0.4) is 0 Å². The van der Waals surface area contributed by atoms with E-state index in [9.17, 15) is 14.7 Å². The van der Waals surface area contributed by atoms with Crippen molar-refractivity contribution < 1.29 is 24.2 Å². The number of benzene rings is 1. The molecule has 130 valence electrons. The maximum Gasteiger partial charge on any atom is 0.326 e. The lowest BCUT2D eigenvalue weighted by molar-refractivity contribution is -0.139. The van der Waals surface area contributed by atoms with Crippen molar-refractivity contribution >= 4 is 11.9 Å². The van der Waals surface area contributed by atoms with E-state index in [1.165, 1.54) is 0 Å². The fraction of sp³-hybridized carbons (Fsp3) is 0.556. The molecule has 1 atom stereocenters. The lowest BCUT2D eigenvalue weighted by Gasteiger charge is -2.18. The van der Waals surface area contributed by atoms with Crippen LogP contribution in [0.1, 0.15) is 48.9 Å². The van der Waals surface area contributed by atoms with Gasteiger partial charge < -0.3 is 19.9 Å². The van der Waals surface area contributed by atoms with Crippen LogP contribution in [0.2, 0.25) is 0 Å². The predicted octanol–water partition coefficient (Wildman–Crippen LogP) is 2.61. The molecule has 2 aliphatic rings. The summed E-state index contributed by atoms with van der Waals surface area (Å²) in [5, 5.41) is 11.9. The second-order valence-electron chi connectivity index (χ2n) is 6.52. The van der Waals surface area contributed by atoms with E-state index in [-0.39, 0.29) is 12.0 Å². The van der Waals surface area contributed by atoms with E-state index < -0.39 is 17.9 Å².